The van der Waals surface area contributed by atoms with Crippen LogP contribution in [0.3, 0.4) is 0 Å². The van der Waals surface area contributed by atoms with Gasteiger partial charge in [-0.2, -0.15) is 13.2 Å². The van der Waals surface area contributed by atoms with Crippen LogP contribution in [0.25, 0.3) is 0 Å². The Bertz CT molecular complexity index is 731. The molecule has 1 unspecified atom stereocenters. The van der Waals surface area contributed by atoms with Gasteiger partial charge in [0.1, 0.15) is 0 Å². The molecule has 0 aliphatic carbocycles. The first-order chi connectivity index (χ1) is 10.6. The van der Waals surface area contributed by atoms with Gasteiger partial charge < -0.3 is 10.6 Å². The maximum Gasteiger partial charge on any atom is 0.418 e. The van der Waals surface area contributed by atoms with E-state index in [1.807, 2.05) is 5.32 Å². The van der Waals surface area contributed by atoms with Crippen LogP contribution in [-0.4, -0.2) is 37.8 Å². The number of benzene rings is 1. The van der Waals surface area contributed by atoms with Gasteiger partial charge in [0.25, 0.3) is 0 Å². The van der Waals surface area contributed by atoms with E-state index in [1.54, 1.807) is 0 Å². The number of anilines is 1. The van der Waals surface area contributed by atoms with E-state index in [0.717, 1.165) is 18.2 Å². The summed E-state index contributed by atoms with van der Waals surface area (Å²) in [5, 5.41) is 4.09. The number of hydrogen-bond acceptors (Lipinski definition) is 4. The Morgan fingerprint density at radius 1 is 1.13 bits per heavy atom. The number of para-hydroxylation sites is 1. The first kappa shape index (κ1) is 17.3. The molecule has 0 radical (unpaired) electrons. The van der Waals surface area contributed by atoms with E-state index in [9.17, 15) is 31.2 Å². The van der Waals surface area contributed by atoms with E-state index in [0.29, 0.717) is 0 Å². The topological polar surface area (TPSA) is 92.3 Å². The summed E-state index contributed by atoms with van der Waals surface area (Å²) in [6, 6.07) is 3.52. The maximum absolute atomic E-state index is 12.8. The number of hydrogen-bond donors (Lipinski definition) is 2. The Balaban J connectivity index is 2.04. The van der Waals surface area contributed by atoms with Crippen molar-refractivity contribution in [3.63, 3.8) is 0 Å². The van der Waals surface area contributed by atoms with Crippen LogP contribution < -0.4 is 10.6 Å². The van der Waals surface area contributed by atoms with Crippen molar-refractivity contribution < 1.29 is 31.2 Å². The van der Waals surface area contributed by atoms with E-state index < -0.39 is 45.1 Å². The van der Waals surface area contributed by atoms with Crippen molar-refractivity contribution in [3.8, 4) is 0 Å². The summed E-state index contributed by atoms with van der Waals surface area (Å²) >= 11 is 0. The largest absolute Gasteiger partial charge is 0.418 e. The molecule has 0 bridgehead atoms. The second-order valence-corrected chi connectivity index (χ2v) is 7.30. The van der Waals surface area contributed by atoms with Crippen molar-refractivity contribution in [1.82, 2.24) is 5.32 Å². The summed E-state index contributed by atoms with van der Waals surface area (Å²) in [6.07, 6.45) is -4.51. The summed E-state index contributed by atoms with van der Waals surface area (Å²) in [5.74, 6) is -2.85. The van der Waals surface area contributed by atoms with Crippen molar-refractivity contribution in [3.05, 3.63) is 29.8 Å². The lowest BCUT2D eigenvalue weighted by atomic mass is 10.1. The highest BCUT2D eigenvalue weighted by molar-refractivity contribution is 7.91. The third kappa shape index (κ3) is 4.44. The standard InChI is InChI=1S/C13H13F3N2O4S/c14-13(15,16)9-3-1-2-4-10(9)18-12(20)11(19)17-8-5-6-23(21,22)7-8/h1-4,8H,5-7H2,(H,17,19)(H,18,20). The van der Waals surface area contributed by atoms with Gasteiger partial charge in [-0.1, -0.05) is 12.1 Å². The minimum absolute atomic E-state index is 0.101. The molecule has 1 saturated heterocycles. The molecule has 2 amide bonds. The Labute approximate surface area is 130 Å². The highest BCUT2D eigenvalue weighted by Gasteiger charge is 2.34. The molecule has 1 aromatic carbocycles. The Morgan fingerprint density at radius 3 is 2.35 bits per heavy atom. The molecule has 0 aromatic heterocycles. The lowest BCUT2D eigenvalue weighted by Crippen LogP contribution is -2.42. The van der Waals surface area contributed by atoms with Gasteiger partial charge in [0.2, 0.25) is 0 Å². The SMILES string of the molecule is O=C(Nc1ccccc1C(F)(F)F)C(=O)NC1CCS(=O)(=O)C1. The molecule has 2 rings (SSSR count). The molecule has 1 atom stereocenters. The molecular weight excluding hydrogens is 337 g/mol. The van der Waals surface area contributed by atoms with Gasteiger partial charge in [-0.05, 0) is 18.6 Å². The van der Waals surface area contributed by atoms with Crippen LogP contribution in [0.5, 0.6) is 0 Å². The van der Waals surface area contributed by atoms with Crippen molar-refractivity contribution in [1.29, 1.82) is 0 Å². The lowest BCUT2D eigenvalue weighted by Gasteiger charge is -2.14. The van der Waals surface area contributed by atoms with Crippen molar-refractivity contribution in [2.24, 2.45) is 0 Å². The monoisotopic (exact) mass is 350 g/mol. The fraction of sp³-hybridized carbons (Fsp3) is 0.385. The second kappa shape index (κ2) is 6.19. The van der Waals surface area contributed by atoms with E-state index in [2.05, 4.69) is 5.32 Å². The molecule has 10 heteroatoms. The Kier molecular flexibility index (Phi) is 4.64. The molecule has 1 aliphatic rings. The molecule has 23 heavy (non-hydrogen) atoms. The number of amides is 2. The molecule has 0 saturated carbocycles. The molecule has 1 fully saturated rings. The Morgan fingerprint density at radius 2 is 1.78 bits per heavy atom. The molecule has 0 spiro atoms. The van der Waals surface area contributed by atoms with Crippen LogP contribution in [-0.2, 0) is 25.6 Å². The predicted octanol–water partition coefficient (Wildman–Crippen LogP) is 0.947. The predicted molar refractivity (Wildman–Crippen MR) is 75.3 cm³/mol. The number of nitrogens with one attached hydrogen (secondary N) is 2. The number of carbonyl (C=O) groups excluding carboxylic acids is 2. The smallest absolute Gasteiger partial charge is 0.344 e. The van der Waals surface area contributed by atoms with Gasteiger partial charge in [0.05, 0.1) is 22.8 Å². The summed E-state index contributed by atoms with van der Waals surface area (Å²) in [5.41, 5.74) is -1.62. The van der Waals surface area contributed by atoms with Gasteiger partial charge in [0.15, 0.2) is 9.84 Å². The lowest BCUT2D eigenvalue weighted by molar-refractivity contribution is -0.138. The number of halogens is 3. The van der Waals surface area contributed by atoms with Gasteiger partial charge in [-0.25, -0.2) is 8.42 Å². The molecule has 1 aromatic rings. The summed E-state index contributed by atoms with van der Waals surface area (Å²) < 4.78 is 60.9. The van der Waals surface area contributed by atoms with Crippen molar-refractivity contribution in [2.45, 2.75) is 18.6 Å². The zero-order valence-electron chi connectivity index (χ0n) is 11.7. The zero-order valence-corrected chi connectivity index (χ0v) is 12.5. The van der Waals surface area contributed by atoms with Crippen LogP contribution >= 0.6 is 0 Å². The van der Waals surface area contributed by atoms with Crippen molar-refractivity contribution >= 4 is 27.3 Å². The van der Waals surface area contributed by atoms with Gasteiger partial charge >= 0.3 is 18.0 Å². The minimum Gasteiger partial charge on any atom is -0.344 e. The van der Waals surface area contributed by atoms with E-state index in [1.165, 1.54) is 6.07 Å². The second-order valence-electron chi connectivity index (χ2n) is 5.07. The first-order valence-corrected chi connectivity index (χ1v) is 8.39. The normalized spacial score (nSPS) is 20.0. The molecule has 2 N–H and O–H groups in total. The average Bonchev–Trinajstić information content (AvgIpc) is 2.77. The Hall–Kier alpha value is -2.10. The molecule has 1 aliphatic heterocycles. The van der Waals surface area contributed by atoms with Crippen LogP contribution in [0.2, 0.25) is 0 Å². The zero-order chi connectivity index (χ0) is 17.3. The first-order valence-electron chi connectivity index (χ1n) is 6.57. The van der Waals surface area contributed by atoms with Crippen LogP contribution in [0.15, 0.2) is 24.3 Å². The molecule has 126 valence electrons. The summed E-state index contributed by atoms with van der Waals surface area (Å²) in [4.78, 5) is 23.4. The maximum atomic E-state index is 12.8. The van der Waals surface area contributed by atoms with Crippen molar-refractivity contribution in [2.75, 3.05) is 16.8 Å². The van der Waals surface area contributed by atoms with Gasteiger partial charge in [-0.3, -0.25) is 9.59 Å². The summed E-state index contributed by atoms with van der Waals surface area (Å²) in [6.45, 7) is 0. The van der Waals surface area contributed by atoms with Gasteiger partial charge in [0, 0.05) is 6.04 Å². The third-order valence-corrected chi connectivity index (χ3v) is 5.02. The molecule has 1 heterocycles. The molecular formula is C13H13F3N2O4S. The number of rotatable bonds is 2. The number of sulfone groups is 1. The fourth-order valence-corrected chi connectivity index (χ4v) is 3.85. The van der Waals surface area contributed by atoms with Gasteiger partial charge in [-0.15, -0.1) is 0 Å². The quantitative estimate of drug-likeness (QED) is 0.777. The number of alkyl halides is 3. The van der Waals surface area contributed by atoms with E-state index in [4.69, 9.17) is 0 Å². The highest BCUT2D eigenvalue weighted by Crippen LogP contribution is 2.34. The van der Waals surface area contributed by atoms with Crippen LogP contribution in [0, 0.1) is 0 Å². The number of carbonyl (C=O) groups is 2. The third-order valence-electron chi connectivity index (χ3n) is 3.25. The van der Waals surface area contributed by atoms with Crippen LogP contribution in [0.1, 0.15) is 12.0 Å². The van der Waals surface area contributed by atoms with E-state index >= 15 is 0 Å². The molecule has 6 nitrogen and oxygen atoms in total. The highest BCUT2D eigenvalue weighted by atomic mass is 32.2. The van der Waals surface area contributed by atoms with E-state index in [-0.39, 0.29) is 17.9 Å². The van der Waals surface area contributed by atoms with Crippen LogP contribution in [0.4, 0.5) is 18.9 Å². The average molecular weight is 350 g/mol. The fourth-order valence-electron chi connectivity index (χ4n) is 2.18. The summed E-state index contributed by atoms with van der Waals surface area (Å²) in [7, 11) is -3.25. The minimum atomic E-state index is -4.68.